The van der Waals surface area contributed by atoms with E-state index < -0.39 is 5.97 Å². The zero-order chi connectivity index (χ0) is 20.0. The molecule has 0 amide bonds. The summed E-state index contributed by atoms with van der Waals surface area (Å²) in [5.74, 6) is -1.09. The fraction of sp³-hybridized carbons (Fsp3) is 0.880. The topological polar surface area (TPSA) is 40.1 Å². The zero-order valence-electron chi connectivity index (χ0n) is 18.4. The molecule has 0 rings (SSSR count). The van der Waals surface area contributed by atoms with Gasteiger partial charge in [-0.1, -0.05) is 135 Å². The molecule has 27 heavy (non-hydrogen) atoms. The van der Waals surface area contributed by atoms with Gasteiger partial charge < -0.3 is 9.90 Å². The van der Waals surface area contributed by atoms with Gasteiger partial charge in [-0.3, -0.25) is 0 Å². The van der Waals surface area contributed by atoms with Crippen molar-refractivity contribution in [3.63, 3.8) is 0 Å². The third kappa shape index (κ3) is 21.4. The molecule has 0 heterocycles. The Morgan fingerprint density at radius 2 is 0.815 bits per heavy atom. The second kappa shape index (κ2) is 21.5. The number of rotatable bonds is 22. The molecule has 0 aliphatic carbocycles. The van der Waals surface area contributed by atoms with Crippen LogP contribution < -0.4 is 5.11 Å². The first-order valence-electron chi connectivity index (χ1n) is 12.1. The van der Waals surface area contributed by atoms with Crippen molar-refractivity contribution in [1.82, 2.24) is 0 Å². The van der Waals surface area contributed by atoms with E-state index in [1.807, 2.05) is 0 Å². The highest BCUT2D eigenvalue weighted by Gasteiger charge is 1.97. The SMILES string of the molecule is C=C(CCCCCCCCCCCCCCCCCCCCCC)C(=O)[O-]. The molecule has 0 spiro atoms. The zero-order valence-corrected chi connectivity index (χ0v) is 18.4. The van der Waals surface area contributed by atoms with E-state index in [2.05, 4.69) is 13.5 Å². The summed E-state index contributed by atoms with van der Waals surface area (Å²) in [7, 11) is 0. The van der Waals surface area contributed by atoms with Crippen LogP contribution in [0.1, 0.15) is 142 Å². The minimum atomic E-state index is -1.09. The van der Waals surface area contributed by atoms with Gasteiger partial charge in [0.1, 0.15) is 0 Å². The van der Waals surface area contributed by atoms with Crippen molar-refractivity contribution in [3.05, 3.63) is 12.2 Å². The maximum atomic E-state index is 10.5. The van der Waals surface area contributed by atoms with E-state index in [1.165, 1.54) is 116 Å². The van der Waals surface area contributed by atoms with Crippen LogP contribution in [-0.2, 0) is 4.79 Å². The molecular weight excluding hydrogens is 332 g/mol. The van der Waals surface area contributed by atoms with E-state index in [1.54, 1.807) is 0 Å². The number of hydrogen-bond acceptors (Lipinski definition) is 2. The molecule has 0 aromatic heterocycles. The highest BCUT2D eigenvalue weighted by atomic mass is 16.4. The van der Waals surface area contributed by atoms with E-state index in [0.717, 1.165) is 12.8 Å². The highest BCUT2D eigenvalue weighted by molar-refractivity contribution is 5.83. The summed E-state index contributed by atoms with van der Waals surface area (Å²) in [5.41, 5.74) is 0.248. The van der Waals surface area contributed by atoms with Crippen molar-refractivity contribution in [2.75, 3.05) is 0 Å². The number of carbonyl (C=O) groups is 1. The highest BCUT2D eigenvalue weighted by Crippen LogP contribution is 2.15. The molecule has 0 aromatic rings. The summed E-state index contributed by atoms with van der Waals surface area (Å²) < 4.78 is 0. The van der Waals surface area contributed by atoms with E-state index in [-0.39, 0.29) is 5.57 Å². The average molecular weight is 380 g/mol. The molecule has 0 atom stereocenters. The Labute approximate surface area is 170 Å². The Bertz CT molecular complexity index is 335. The molecule has 0 aliphatic heterocycles. The number of carboxylic acid groups (broad SMARTS) is 1. The van der Waals surface area contributed by atoms with Crippen molar-refractivity contribution < 1.29 is 9.90 Å². The van der Waals surface area contributed by atoms with Gasteiger partial charge in [0, 0.05) is 0 Å². The van der Waals surface area contributed by atoms with Crippen molar-refractivity contribution >= 4 is 5.97 Å². The minimum absolute atomic E-state index is 0.248. The largest absolute Gasteiger partial charge is 0.545 e. The summed E-state index contributed by atoms with van der Waals surface area (Å²) in [5, 5.41) is 10.5. The van der Waals surface area contributed by atoms with E-state index >= 15 is 0 Å². The van der Waals surface area contributed by atoms with Gasteiger partial charge in [0.05, 0.1) is 5.97 Å². The minimum Gasteiger partial charge on any atom is -0.545 e. The first-order chi connectivity index (χ1) is 13.2. The Kier molecular flexibility index (Phi) is 20.9. The number of unbranched alkanes of at least 4 members (excludes halogenated alkanes) is 19. The summed E-state index contributed by atoms with van der Waals surface area (Å²) in [6.07, 6.45) is 27.8. The van der Waals surface area contributed by atoms with Crippen molar-refractivity contribution in [1.29, 1.82) is 0 Å². The van der Waals surface area contributed by atoms with Crippen LogP contribution in [0, 0.1) is 0 Å². The molecule has 0 N–H and O–H groups in total. The summed E-state index contributed by atoms with van der Waals surface area (Å²) in [4.78, 5) is 10.5. The van der Waals surface area contributed by atoms with Gasteiger partial charge in [-0.15, -0.1) is 0 Å². The van der Waals surface area contributed by atoms with E-state index in [0.29, 0.717) is 6.42 Å². The van der Waals surface area contributed by atoms with Gasteiger partial charge in [0.25, 0.3) is 0 Å². The number of hydrogen-bond donors (Lipinski definition) is 0. The third-order valence-electron chi connectivity index (χ3n) is 5.62. The maximum Gasteiger partial charge on any atom is 0.0668 e. The summed E-state index contributed by atoms with van der Waals surface area (Å²) in [6.45, 7) is 5.80. The molecule has 0 saturated heterocycles. The lowest BCUT2D eigenvalue weighted by atomic mass is 10.0. The van der Waals surface area contributed by atoms with Gasteiger partial charge in [0.2, 0.25) is 0 Å². The van der Waals surface area contributed by atoms with Gasteiger partial charge in [-0.25, -0.2) is 0 Å². The lowest BCUT2D eigenvalue weighted by Gasteiger charge is -2.06. The summed E-state index contributed by atoms with van der Waals surface area (Å²) in [6, 6.07) is 0. The number of carboxylic acids is 1. The van der Waals surface area contributed by atoms with E-state index in [4.69, 9.17) is 0 Å². The molecule has 0 unspecified atom stereocenters. The fourth-order valence-electron chi connectivity index (χ4n) is 3.70. The molecule has 2 heteroatoms. The van der Waals surface area contributed by atoms with Gasteiger partial charge >= 0.3 is 0 Å². The molecule has 0 radical (unpaired) electrons. The Morgan fingerprint density at radius 3 is 1.07 bits per heavy atom. The van der Waals surface area contributed by atoms with Crippen LogP contribution in [0.4, 0.5) is 0 Å². The predicted molar refractivity (Wildman–Crippen MR) is 117 cm³/mol. The van der Waals surface area contributed by atoms with Crippen LogP contribution in [0.5, 0.6) is 0 Å². The number of carbonyl (C=O) groups excluding carboxylic acids is 1. The van der Waals surface area contributed by atoms with Crippen LogP contribution in [0.25, 0.3) is 0 Å². The third-order valence-corrected chi connectivity index (χ3v) is 5.62. The van der Waals surface area contributed by atoms with Crippen molar-refractivity contribution in [2.45, 2.75) is 142 Å². The molecule has 0 aliphatic rings. The van der Waals surface area contributed by atoms with Crippen molar-refractivity contribution in [3.8, 4) is 0 Å². The van der Waals surface area contributed by atoms with E-state index in [9.17, 15) is 9.90 Å². The predicted octanol–water partition coefficient (Wildman–Crippen LogP) is 7.50. The first-order valence-corrected chi connectivity index (χ1v) is 12.1. The molecule has 0 bridgehead atoms. The lowest BCUT2D eigenvalue weighted by Crippen LogP contribution is -2.23. The fourth-order valence-corrected chi connectivity index (χ4v) is 3.70. The second-order valence-electron chi connectivity index (χ2n) is 8.36. The van der Waals surface area contributed by atoms with Crippen LogP contribution in [0.15, 0.2) is 12.2 Å². The van der Waals surface area contributed by atoms with Crippen molar-refractivity contribution in [2.24, 2.45) is 0 Å². The molecule has 2 nitrogen and oxygen atoms in total. The number of aliphatic carboxylic acids is 1. The standard InChI is InChI=1S/C25H48O2/c1-3-4-5-6-7-8-9-10-11-12-13-14-15-16-17-18-19-20-21-22-23-24(2)25(26)27/h2-23H2,1H3,(H,26,27)/p-1. The molecule has 160 valence electrons. The molecule has 0 fully saturated rings. The van der Waals surface area contributed by atoms with Gasteiger partial charge in [-0.05, 0) is 18.4 Å². The quantitative estimate of drug-likeness (QED) is 0.144. The average Bonchev–Trinajstić information content (AvgIpc) is 2.66. The van der Waals surface area contributed by atoms with Crippen LogP contribution in [0.3, 0.4) is 0 Å². The van der Waals surface area contributed by atoms with Crippen LogP contribution in [-0.4, -0.2) is 5.97 Å². The Balaban J connectivity index is 3.05. The monoisotopic (exact) mass is 379 g/mol. The Morgan fingerprint density at radius 1 is 0.556 bits per heavy atom. The molecular formula is C25H47O2-. The van der Waals surface area contributed by atoms with Crippen LogP contribution in [0.2, 0.25) is 0 Å². The summed E-state index contributed by atoms with van der Waals surface area (Å²) >= 11 is 0. The smallest absolute Gasteiger partial charge is 0.0668 e. The van der Waals surface area contributed by atoms with Crippen LogP contribution >= 0.6 is 0 Å². The maximum absolute atomic E-state index is 10.5. The Hall–Kier alpha value is -0.790. The molecule has 0 aromatic carbocycles. The van der Waals surface area contributed by atoms with Gasteiger partial charge in [0.15, 0.2) is 0 Å². The lowest BCUT2D eigenvalue weighted by molar-refractivity contribution is -0.299. The normalized spacial score (nSPS) is 11.0. The second-order valence-corrected chi connectivity index (χ2v) is 8.36. The first kappa shape index (κ1) is 26.2. The van der Waals surface area contributed by atoms with Gasteiger partial charge in [-0.2, -0.15) is 0 Å². The molecule has 0 saturated carbocycles.